The van der Waals surface area contributed by atoms with E-state index in [0.717, 1.165) is 0 Å². The smallest absolute Gasteiger partial charge is 0.325 e. The van der Waals surface area contributed by atoms with Crippen molar-refractivity contribution in [1.82, 2.24) is 5.48 Å². The fraction of sp³-hybridized carbons (Fsp3) is 0.938. The molecule has 0 radical (unpaired) electrons. The summed E-state index contributed by atoms with van der Waals surface area (Å²) in [4.78, 5) is 11.9. The average molecular weight is 318 g/mol. The molecule has 0 unspecified atom stereocenters. The van der Waals surface area contributed by atoms with Gasteiger partial charge < -0.3 is 9.26 Å². The number of carbonyl (C=O) groups is 1. The van der Waals surface area contributed by atoms with Crippen LogP contribution in [0.2, 0.25) is 16.6 Å². The van der Waals surface area contributed by atoms with E-state index in [1.165, 1.54) is 7.11 Å². The minimum Gasteiger partial charge on any atom is -0.468 e. The summed E-state index contributed by atoms with van der Waals surface area (Å²) in [5.74, 6) is 0.154. The Kier molecular flexibility index (Phi) is 8.74. The average Bonchev–Trinajstić information content (AvgIpc) is 2.35. The maximum Gasteiger partial charge on any atom is 0.325 e. The summed E-state index contributed by atoms with van der Waals surface area (Å²) < 4.78 is 11.2. The number of hydrogen-bond acceptors (Lipinski definition) is 4. The lowest BCUT2D eigenvalue weighted by Crippen LogP contribution is -2.54. The number of ether oxygens (including phenoxy) is 1. The molecule has 0 aliphatic rings. The molecular formula is C16H35NO3Si. The third-order valence-corrected chi connectivity index (χ3v) is 10.2. The van der Waals surface area contributed by atoms with E-state index >= 15 is 0 Å². The lowest BCUT2D eigenvalue weighted by atomic mass is 10.0. The van der Waals surface area contributed by atoms with Crippen molar-refractivity contribution in [1.29, 1.82) is 0 Å². The minimum atomic E-state index is -2.02. The van der Waals surface area contributed by atoms with Crippen LogP contribution in [0.25, 0.3) is 0 Å². The second kappa shape index (κ2) is 8.91. The maximum atomic E-state index is 11.9. The van der Waals surface area contributed by atoms with Crippen molar-refractivity contribution in [2.24, 2.45) is 5.92 Å². The number of rotatable bonds is 9. The van der Waals surface area contributed by atoms with E-state index in [9.17, 15) is 4.79 Å². The van der Waals surface area contributed by atoms with Gasteiger partial charge in [-0.1, -0.05) is 55.4 Å². The molecule has 5 heteroatoms. The van der Waals surface area contributed by atoms with Crippen LogP contribution in [-0.2, 0) is 14.1 Å². The zero-order valence-electron chi connectivity index (χ0n) is 15.3. The SMILES string of the molecule is COC(=O)[C@H](CC(C)C)NO[Si](C(C)C)(C(C)C)C(C)C. The highest BCUT2D eigenvalue weighted by molar-refractivity contribution is 6.77. The molecule has 0 bridgehead atoms. The van der Waals surface area contributed by atoms with Gasteiger partial charge in [0, 0.05) is 0 Å². The van der Waals surface area contributed by atoms with Crippen LogP contribution in [-0.4, -0.2) is 27.4 Å². The van der Waals surface area contributed by atoms with E-state index in [0.29, 0.717) is 29.0 Å². The van der Waals surface area contributed by atoms with Gasteiger partial charge in [-0.2, -0.15) is 0 Å². The second-order valence-electron chi connectivity index (χ2n) is 7.24. The van der Waals surface area contributed by atoms with Crippen LogP contribution in [0.5, 0.6) is 0 Å². The van der Waals surface area contributed by atoms with Crippen molar-refractivity contribution in [2.75, 3.05) is 7.11 Å². The van der Waals surface area contributed by atoms with Gasteiger partial charge in [0.1, 0.15) is 6.04 Å². The number of esters is 1. The van der Waals surface area contributed by atoms with Crippen molar-refractivity contribution in [3.8, 4) is 0 Å². The van der Waals surface area contributed by atoms with Crippen molar-refractivity contribution in [2.45, 2.75) is 84.5 Å². The Labute approximate surface area is 132 Å². The summed E-state index contributed by atoms with van der Waals surface area (Å²) in [7, 11) is -0.593. The Balaban J connectivity index is 5.12. The molecule has 0 aromatic heterocycles. The zero-order chi connectivity index (χ0) is 16.8. The Morgan fingerprint density at radius 3 is 1.67 bits per heavy atom. The van der Waals surface area contributed by atoms with Crippen LogP contribution in [0.15, 0.2) is 0 Å². The topological polar surface area (TPSA) is 47.6 Å². The first-order valence-corrected chi connectivity index (χ1v) is 10.2. The number of methoxy groups -OCH3 is 1. The fourth-order valence-electron chi connectivity index (χ4n) is 3.33. The van der Waals surface area contributed by atoms with Gasteiger partial charge in [0.15, 0.2) is 0 Å². The van der Waals surface area contributed by atoms with E-state index in [-0.39, 0.29) is 5.97 Å². The Morgan fingerprint density at radius 2 is 1.38 bits per heavy atom. The second-order valence-corrected chi connectivity index (χ2v) is 12.6. The van der Waals surface area contributed by atoms with Crippen molar-refractivity contribution in [3.63, 3.8) is 0 Å². The molecule has 0 heterocycles. The molecule has 0 aromatic carbocycles. The summed E-state index contributed by atoms with van der Waals surface area (Å²) in [6.07, 6.45) is 0.714. The van der Waals surface area contributed by atoms with Gasteiger partial charge in [-0.15, -0.1) is 0 Å². The molecule has 0 aliphatic heterocycles. The fourth-order valence-corrected chi connectivity index (χ4v) is 8.39. The Morgan fingerprint density at radius 1 is 0.952 bits per heavy atom. The Bertz CT molecular complexity index is 295. The highest BCUT2D eigenvalue weighted by Crippen LogP contribution is 2.41. The molecule has 1 atom stereocenters. The molecule has 0 aliphatic carbocycles. The van der Waals surface area contributed by atoms with Gasteiger partial charge in [0.25, 0.3) is 0 Å². The summed E-state index contributed by atoms with van der Waals surface area (Å²) >= 11 is 0. The number of hydroxylamine groups is 1. The molecule has 21 heavy (non-hydrogen) atoms. The van der Waals surface area contributed by atoms with Crippen LogP contribution in [0.3, 0.4) is 0 Å². The molecule has 0 saturated carbocycles. The summed E-state index contributed by atoms with van der Waals surface area (Å²) in [6, 6.07) is -0.391. The maximum absolute atomic E-state index is 11.9. The lowest BCUT2D eigenvalue weighted by Gasteiger charge is -2.42. The molecule has 0 rings (SSSR count). The van der Waals surface area contributed by atoms with Crippen LogP contribution >= 0.6 is 0 Å². The largest absolute Gasteiger partial charge is 0.468 e. The Hall–Kier alpha value is -0.393. The van der Waals surface area contributed by atoms with Gasteiger partial charge in [-0.25, -0.2) is 5.48 Å². The van der Waals surface area contributed by atoms with Crippen LogP contribution in [0.4, 0.5) is 0 Å². The number of carbonyl (C=O) groups excluding carboxylic acids is 1. The number of nitrogens with one attached hydrogen (secondary N) is 1. The van der Waals surface area contributed by atoms with Crippen molar-refractivity contribution in [3.05, 3.63) is 0 Å². The van der Waals surface area contributed by atoms with Gasteiger partial charge in [-0.05, 0) is 29.0 Å². The van der Waals surface area contributed by atoms with Crippen LogP contribution in [0, 0.1) is 5.92 Å². The third kappa shape index (κ3) is 5.38. The first-order chi connectivity index (χ1) is 9.59. The molecule has 1 N–H and O–H groups in total. The molecule has 4 nitrogen and oxygen atoms in total. The third-order valence-electron chi connectivity index (χ3n) is 4.28. The number of hydrogen-bond donors (Lipinski definition) is 1. The predicted octanol–water partition coefficient (Wildman–Crippen LogP) is 4.27. The normalized spacial score (nSPS) is 14.3. The first kappa shape index (κ1) is 20.6. The van der Waals surface area contributed by atoms with E-state index in [1.54, 1.807) is 0 Å². The van der Waals surface area contributed by atoms with Gasteiger partial charge in [0.2, 0.25) is 8.32 Å². The predicted molar refractivity (Wildman–Crippen MR) is 90.5 cm³/mol. The highest BCUT2D eigenvalue weighted by atomic mass is 28.4. The molecule has 126 valence electrons. The molecule has 0 fully saturated rings. The molecule has 0 aromatic rings. The van der Waals surface area contributed by atoms with E-state index < -0.39 is 14.4 Å². The monoisotopic (exact) mass is 317 g/mol. The zero-order valence-corrected chi connectivity index (χ0v) is 16.3. The van der Waals surface area contributed by atoms with Crippen LogP contribution in [0.1, 0.15) is 61.8 Å². The standard InChI is InChI=1S/C16H35NO3Si/c1-11(2)10-15(16(18)19-9)17-20-21(12(3)4,13(5)6)14(7)8/h11-15,17H,10H2,1-9H3/t15-/m0/s1. The van der Waals surface area contributed by atoms with Gasteiger partial charge in [0.05, 0.1) is 7.11 Å². The van der Waals surface area contributed by atoms with E-state index in [1.807, 2.05) is 0 Å². The van der Waals surface area contributed by atoms with Crippen LogP contribution < -0.4 is 5.48 Å². The quantitative estimate of drug-likeness (QED) is 0.392. The minimum absolute atomic E-state index is 0.247. The highest BCUT2D eigenvalue weighted by Gasteiger charge is 2.46. The summed E-state index contributed by atoms with van der Waals surface area (Å²) in [5.41, 5.74) is 4.50. The first-order valence-electron chi connectivity index (χ1n) is 8.10. The summed E-state index contributed by atoms with van der Waals surface area (Å²) in [6.45, 7) is 17.5. The van der Waals surface area contributed by atoms with Crippen molar-refractivity contribution >= 4 is 14.3 Å². The molecule has 0 saturated heterocycles. The van der Waals surface area contributed by atoms with Gasteiger partial charge in [-0.3, -0.25) is 4.79 Å². The van der Waals surface area contributed by atoms with Gasteiger partial charge >= 0.3 is 5.97 Å². The molecule has 0 spiro atoms. The van der Waals surface area contributed by atoms with Crippen molar-refractivity contribution < 1.29 is 14.1 Å². The lowest BCUT2D eigenvalue weighted by molar-refractivity contribution is -0.146. The molecule has 0 amide bonds. The van der Waals surface area contributed by atoms with E-state index in [4.69, 9.17) is 9.26 Å². The van der Waals surface area contributed by atoms with E-state index in [2.05, 4.69) is 60.9 Å². The molecular weight excluding hydrogens is 282 g/mol. The summed E-state index contributed by atoms with van der Waals surface area (Å²) in [5, 5.41) is 0.